The van der Waals surface area contributed by atoms with Gasteiger partial charge in [-0.2, -0.15) is 0 Å². The second kappa shape index (κ2) is 8.07. The summed E-state index contributed by atoms with van der Waals surface area (Å²) in [6.45, 7) is 0. The molecule has 0 atom stereocenters. The molecular weight excluding hydrogens is 474 g/mol. The molecule has 3 aromatic carbocycles. The molecule has 0 fully saturated rings. The van der Waals surface area contributed by atoms with E-state index in [1.165, 1.54) is 39.3 Å². The highest BCUT2D eigenvalue weighted by molar-refractivity contribution is 8.01. The lowest BCUT2D eigenvalue weighted by Gasteiger charge is -2.08. The Balaban J connectivity index is 1.45. The van der Waals surface area contributed by atoms with E-state index in [4.69, 9.17) is 0 Å². The first kappa shape index (κ1) is 20.0. The first-order chi connectivity index (χ1) is 16.2. The van der Waals surface area contributed by atoms with Crippen molar-refractivity contribution in [1.29, 1.82) is 0 Å². The molecule has 0 amide bonds. The molecule has 160 valence electrons. The Morgan fingerprint density at radius 2 is 1.70 bits per heavy atom. The van der Waals surface area contributed by atoms with Gasteiger partial charge in [-0.15, -0.1) is 32.9 Å². The van der Waals surface area contributed by atoms with Crippen molar-refractivity contribution < 1.29 is 4.92 Å². The fourth-order valence-electron chi connectivity index (χ4n) is 3.53. The first-order valence-corrected chi connectivity index (χ1v) is 12.3. The van der Waals surface area contributed by atoms with Gasteiger partial charge in [-0.3, -0.25) is 14.7 Å². The molecule has 0 radical (unpaired) electrons. The summed E-state index contributed by atoms with van der Waals surface area (Å²) < 4.78 is 4.74. The third-order valence-electron chi connectivity index (χ3n) is 5.04. The number of nitro benzene ring substituents is 1. The number of aromatic nitrogens is 4. The van der Waals surface area contributed by atoms with Gasteiger partial charge in [-0.25, -0.2) is 4.98 Å². The molecule has 33 heavy (non-hydrogen) atoms. The molecule has 0 spiro atoms. The maximum absolute atomic E-state index is 11.1. The van der Waals surface area contributed by atoms with Crippen molar-refractivity contribution in [2.75, 3.05) is 0 Å². The number of non-ortho nitro benzene ring substituents is 1. The van der Waals surface area contributed by atoms with Crippen molar-refractivity contribution in [2.24, 2.45) is 0 Å². The van der Waals surface area contributed by atoms with Crippen molar-refractivity contribution in [3.63, 3.8) is 0 Å². The number of para-hydroxylation sites is 1. The molecule has 10 heteroatoms. The molecule has 6 aromatic rings. The molecule has 0 aliphatic heterocycles. The Morgan fingerprint density at radius 1 is 0.879 bits per heavy atom. The van der Waals surface area contributed by atoms with Crippen LogP contribution in [0.1, 0.15) is 0 Å². The van der Waals surface area contributed by atoms with Crippen LogP contribution in [0.25, 0.3) is 36.7 Å². The maximum Gasteiger partial charge on any atom is 0.270 e. The second-order valence-electron chi connectivity index (χ2n) is 7.12. The van der Waals surface area contributed by atoms with Crippen LogP contribution in [-0.4, -0.2) is 24.7 Å². The third-order valence-corrected chi connectivity index (χ3v) is 8.17. The highest BCUT2D eigenvalue weighted by Gasteiger charge is 2.20. The largest absolute Gasteiger partial charge is 0.270 e. The highest BCUT2D eigenvalue weighted by Crippen LogP contribution is 2.39. The van der Waals surface area contributed by atoms with Crippen molar-refractivity contribution in [2.45, 2.75) is 9.50 Å². The van der Waals surface area contributed by atoms with Gasteiger partial charge in [0.05, 0.1) is 20.0 Å². The lowest BCUT2D eigenvalue weighted by atomic mass is 10.2. The quantitative estimate of drug-likeness (QED) is 0.196. The predicted molar refractivity (Wildman–Crippen MR) is 133 cm³/mol. The molecule has 0 saturated carbocycles. The molecule has 3 heterocycles. The summed E-state index contributed by atoms with van der Waals surface area (Å²) in [6.07, 6.45) is 0. The van der Waals surface area contributed by atoms with Crippen molar-refractivity contribution in [1.82, 2.24) is 19.7 Å². The number of nitro groups is 1. The van der Waals surface area contributed by atoms with Crippen LogP contribution in [0.5, 0.6) is 0 Å². The molecule has 0 bridgehead atoms. The number of benzene rings is 3. The van der Waals surface area contributed by atoms with Gasteiger partial charge in [-0.05, 0) is 47.5 Å². The Labute approximate surface area is 199 Å². The average Bonchev–Trinajstić information content (AvgIpc) is 3.55. The Bertz CT molecular complexity index is 1610. The molecule has 0 unspecified atom stereocenters. The predicted octanol–water partition coefficient (Wildman–Crippen LogP) is 6.82. The Morgan fingerprint density at radius 3 is 2.52 bits per heavy atom. The number of fused-ring (bicyclic) bond motifs is 2. The number of thiophene rings is 1. The molecule has 0 N–H and O–H groups in total. The summed E-state index contributed by atoms with van der Waals surface area (Å²) in [5.41, 5.74) is 1.74. The maximum atomic E-state index is 11.1. The number of nitrogens with zero attached hydrogens (tertiary/aromatic N) is 5. The van der Waals surface area contributed by atoms with Gasteiger partial charge in [0.1, 0.15) is 0 Å². The number of hydrogen-bond donors (Lipinski definition) is 0. The lowest BCUT2D eigenvalue weighted by molar-refractivity contribution is -0.384. The third kappa shape index (κ3) is 3.67. The molecule has 0 saturated heterocycles. The number of hydrogen-bond acceptors (Lipinski definition) is 8. The molecule has 6 rings (SSSR count). The van der Waals surface area contributed by atoms with E-state index in [-0.39, 0.29) is 5.69 Å². The monoisotopic (exact) mass is 487 g/mol. The van der Waals surface area contributed by atoms with Gasteiger partial charge in [0.2, 0.25) is 5.16 Å². The second-order valence-corrected chi connectivity index (χ2v) is 10.4. The fourth-order valence-corrected chi connectivity index (χ4v) is 6.62. The van der Waals surface area contributed by atoms with Gasteiger partial charge in [0.25, 0.3) is 5.69 Å². The highest BCUT2D eigenvalue weighted by atomic mass is 32.2. The molecule has 0 aliphatic rings. The van der Waals surface area contributed by atoms with E-state index in [1.807, 2.05) is 47.0 Å². The van der Waals surface area contributed by atoms with Crippen molar-refractivity contribution >= 4 is 60.4 Å². The number of rotatable bonds is 5. The molecular formula is C23H13N5O2S3. The van der Waals surface area contributed by atoms with Gasteiger partial charge < -0.3 is 0 Å². The zero-order valence-corrected chi connectivity index (χ0v) is 19.2. The summed E-state index contributed by atoms with van der Waals surface area (Å²) in [7, 11) is 0. The van der Waals surface area contributed by atoms with Crippen LogP contribution in [0.3, 0.4) is 0 Å². The summed E-state index contributed by atoms with van der Waals surface area (Å²) in [4.78, 5) is 16.4. The first-order valence-electron chi connectivity index (χ1n) is 9.88. The van der Waals surface area contributed by atoms with Gasteiger partial charge in [0, 0.05) is 22.5 Å². The lowest BCUT2D eigenvalue weighted by Crippen LogP contribution is -1.98. The van der Waals surface area contributed by atoms with Crippen LogP contribution in [-0.2, 0) is 0 Å². The minimum atomic E-state index is -0.394. The SMILES string of the molecule is O=[N+]([O-])c1ccc2nc(Sc3nnc(-c4cc5ccccc5s4)n3-c3ccccc3)sc2c1. The Hall–Kier alpha value is -3.60. The molecule has 3 aromatic heterocycles. The normalized spacial score (nSPS) is 11.4. The standard InChI is InChI=1S/C23H13N5O2S3/c29-28(30)16-10-11-17-19(13-16)32-23(24-17)33-22-26-25-21(27(22)15-7-2-1-3-8-15)20-12-14-6-4-5-9-18(14)31-20/h1-13H. The zero-order valence-electron chi connectivity index (χ0n) is 16.8. The smallest absolute Gasteiger partial charge is 0.269 e. The summed E-state index contributed by atoms with van der Waals surface area (Å²) in [6, 6.07) is 25.1. The van der Waals surface area contributed by atoms with E-state index < -0.39 is 4.92 Å². The molecule has 0 aliphatic carbocycles. The van der Waals surface area contributed by atoms with E-state index in [0.29, 0.717) is 5.16 Å². The van der Waals surface area contributed by atoms with E-state index in [9.17, 15) is 10.1 Å². The van der Waals surface area contributed by atoms with E-state index in [0.717, 1.165) is 30.9 Å². The number of thiazole rings is 1. The van der Waals surface area contributed by atoms with Crippen molar-refractivity contribution in [3.05, 3.63) is 89.0 Å². The van der Waals surface area contributed by atoms with E-state index >= 15 is 0 Å². The van der Waals surface area contributed by atoms with Crippen LogP contribution in [0.4, 0.5) is 5.69 Å². The zero-order chi connectivity index (χ0) is 22.4. The van der Waals surface area contributed by atoms with E-state index in [2.05, 4.69) is 33.4 Å². The van der Waals surface area contributed by atoms with Crippen LogP contribution >= 0.6 is 34.4 Å². The van der Waals surface area contributed by atoms with Crippen LogP contribution < -0.4 is 0 Å². The van der Waals surface area contributed by atoms with Gasteiger partial charge in [-0.1, -0.05) is 36.4 Å². The summed E-state index contributed by atoms with van der Waals surface area (Å²) >= 11 is 4.49. The van der Waals surface area contributed by atoms with Crippen molar-refractivity contribution in [3.8, 4) is 16.4 Å². The minimum absolute atomic E-state index is 0.0576. The average molecular weight is 488 g/mol. The fraction of sp³-hybridized carbons (Fsp3) is 0. The summed E-state index contributed by atoms with van der Waals surface area (Å²) in [5, 5.41) is 22.0. The molecule has 7 nitrogen and oxygen atoms in total. The summed E-state index contributed by atoms with van der Waals surface area (Å²) in [5.74, 6) is 0.765. The van der Waals surface area contributed by atoms with E-state index in [1.54, 1.807) is 23.5 Å². The van der Waals surface area contributed by atoms with Gasteiger partial charge in [0.15, 0.2) is 10.2 Å². The minimum Gasteiger partial charge on any atom is -0.269 e. The van der Waals surface area contributed by atoms with Crippen LogP contribution in [0.2, 0.25) is 0 Å². The van der Waals surface area contributed by atoms with Crippen LogP contribution in [0, 0.1) is 10.1 Å². The Kier molecular flexibility index (Phi) is 4.90. The van der Waals surface area contributed by atoms with Gasteiger partial charge >= 0.3 is 0 Å². The van der Waals surface area contributed by atoms with Crippen LogP contribution in [0.15, 0.2) is 88.4 Å². The topological polar surface area (TPSA) is 86.7 Å².